The van der Waals surface area contributed by atoms with Crippen molar-refractivity contribution in [3.8, 4) is 0 Å². The molecule has 3 aliphatic carbocycles. The van der Waals surface area contributed by atoms with E-state index < -0.39 is 17.4 Å². The molecule has 126 valence electrons. The summed E-state index contributed by atoms with van der Waals surface area (Å²) in [6.07, 6.45) is 15.1. The Balaban J connectivity index is 1.95. The second-order valence-electron chi connectivity index (χ2n) is 7.33. The number of ether oxygens (including phenoxy) is 2. The van der Waals surface area contributed by atoms with Gasteiger partial charge in [0.05, 0.1) is 14.2 Å². The Bertz CT molecular complexity index is 536. The third-order valence-corrected chi connectivity index (χ3v) is 5.94. The molecule has 0 aromatic rings. The Hall–Kier alpha value is -1.58. The van der Waals surface area contributed by atoms with E-state index in [1.54, 1.807) is 0 Å². The highest BCUT2D eigenvalue weighted by Crippen LogP contribution is 2.52. The van der Waals surface area contributed by atoms with Gasteiger partial charge in [-0.25, -0.2) is 0 Å². The number of hydrogen-bond acceptors (Lipinski definition) is 4. The minimum Gasteiger partial charge on any atom is -0.468 e. The van der Waals surface area contributed by atoms with Gasteiger partial charge in [-0.1, -0.05) is 43.1 Å². The molecule has 0 aliphatic heterocycles. The number of carbonyl (C=O) groups excluding carboxylic acids is 2. The summed E-state index contributed by atoms with van der Waals surface area (Å²) in [5, 5.41) is 0. The highest BCUT2D eigenvalue weighted by molar-refractivity contribution is 6.01. The first-order valence-electron chi connectivity index (χ1n) is 8.60. The molecule has 0 N–H and O–H groups in total. The van der Waals surface area contributed by atoms with E-state index in [1.165, 1.54) is 51.9 Å². The van der Waals surface area contributed by atoms with Gasteiger partial charge in [0.15, 0.2) is 5.41 Å². The van der Waals surface area contributed by atoms with Crippen LogP contribution in [0.15, 0.2) is 23.8 Å². The van der Waals surface area contributed by atoms with Gasteiger partial charge in [-0.05, 0) is 43.4 Å². The van der Waals surface area contributed by atoms with Crippen LogP contribution in [0.5, 0.6) is 0 Å². The molecule has 2 fully saturated rings. The number of carbonyl (C=O) groups is 2. The number of fused-ring (bicyclic) bond motifs is 1. The summed E-state index contributed by atoms with van der Waals surface area (Å²) in [7, 11) is 2.68. The summed E-state index contributed by atoms with van der Waals surface area (Å²) in [6.45, 7) is 0. The summed E-state index contributed by atoms with van der Waals surface area (Å²) in [5.41, 5.74) is 0.273. The molecule has 0 saturated heterocycles. The largest absolute Gasteiger partial charge is 0.468 e. The van der Waals surface area contributed by atoms with Gasteiger partial charge < -0.3 is 9.47 Å². The number of rotatable bonds is 2. The summed E-state index contributed by atoms with van der Waals surface area (Å²) >= 11 is 0. The third-order valence-electron chi connectivity index (χ3n) is 5.94. The predicted octanol–water partition coefficient (Wildman–Crippen LogP) is 3.57. The molecule has 0 aromatic heterocycles. The van der Waals surface area contributed by atoms with Crippen LogP contribution in [0.3, 0.4) is 0 Å². The van der Waals surface area contributed by atoms with Gasteiger partial charge in [-0.3, -0.25) is 9.59 Å². The molecule has 0 aromatic carbocycles. The molecule has 1 spiro atoms. The van der Waals surface area contributed by atoms with Crippen LogP contribution in [-0.2, 0) is 19.1 Å². The van der Waals surface area contributed by atoms with Crippen molar-refractivity contribution < 1.29 is 19.1 Å². The van der Waals surface area contributed by atoms with Crippen LogP contribution in [0, 0.1) is 16.7 Å². The second-order valence-corrected chi connectivity index (χ2v) is 7.33. The summed E-state index contributed by atoms with van der Waals surface area (Å²) < 4.78 is 9.89. The fourth-order valence-corrected chi connectivity index (χ4v) is 4.72. The first-order valence-corrected chi connectivity index (χ1v) is 8.60. The Labute approximate surface area is 137 Å². The zero-order chi connectivity index (χ0) is 16.5. The normalized spacial score (nSPS) is 27.7. The molecule has 0 heterocycles. The molecule has 0 radical (unpaired) electrons. The molecule has 23 heavy (non-hydrogen) atoms. The van der Waals surface area contributed by atoms with E-state index in [1.807, 2.05) is 0 Å². The van der Waals surface area contributed by atoms with E-state index in [0.29, 0.717) is 12.8 Å². The summed E-state index contributed by atoms with van der Waals surface area (Å²) in [4.78, 5) is 24.7. The Morgan fingerprint density at radius 3 is 2.35 bits per heavy atom. The average Bonchev–Trinajstić information content (AvgIpc) is 2.85. The number of methoxy groups -OCH3 is 2. The van der Waals surface area contributed by atoms with Crippen LogP contribution in [0.2, 0.25) is 0 Å². The quantitative estimate of drug-likeness (QED) is 0.444. The SMILES string of the molecule is COC(=O)C1(C(=O)OC)CC2=CC3(CC=CC2C1)CCCCC3. The van der Waals surface area contributed by atoms with E-state index in [0.717, 1.165) is 6.42 Å². The second kappa shape index (κ2) is 6.14. The van der Waals surface area contributed by atoms with E-state index >= 15 is 0 Å². The lowest BCUT2D eigenvalue weighted by molar-refractivity contribution is -0.168. The smallest absolute Gasteiger partial charge is 0.323 e. The minimum absolute atomic E-state index is 0.148. The van der Waals surface area contributed by atoms with Gasteiger partial charge >= 0.3 is 11.9 Å². The lowest BCUT2D eigenvalue weighted by Crippen LogP contribution is -2.39. The van der Waals surface area contributed by atoms with Crippen LogP contribution >= 0.6 is 0 Å². The first-order chi connectivity index (χ1) is 11.1. The monoisotopic (exact) mass is 318 g/mol. The van der Waals surface area contributed by atoms with Crippen molar-refractivity contribution in [2.45, 2.75) is 51.4 Å². The molecule has 1 atom stereocenters. The number of esters is 2. The van der Waals surface area contributed by atoms with Crippen LogP contribution < -0.4 is 0 Å². The van der Waals surface area contributed by atoms with Crippen LogP contribution in [0.4, 0.5) is 0 Å². The number of allylic oxidation sites excluding steroid dienone is 4. The van der Waals surface area contributed by atoms with Crippen molar-refractivity contribution in [3.05, 3.63) is 23.8 Å². The Morgan fingerprint density at radius 2 is 1.74 bits per heavy atom. The van der Waals surface area contributed by atoms with Crippen molar-refractivity contribution in [2.75, 3.05) is 14.2 Å². The van der Waals surface area contributed by atoms with Crippen molar-refractivity contribution in [1.82, 2.24) is 0 Å². The van der Waals surface area contributed by atoms with Gasteiger partial charge in [-0.2, -0.15) is 0 Å². The van der Waals surface area contributed by atoms with Gasteiger partial charge in [0, 0.05) is 0 Å². The van der Waals surface area contributed by atoms with E-state index in [9.17, 15) is 9.59 Å². The molecular formula is C19H26O4. The molecule has 0 amide bonds. The van der Waals surface area contributed by atoms with Gasteiger partial charge in [0.1, 0.15) is 0 Å². The maximum atomic E-state index is 12.4. The van der Waals surface area contributed by atoms with Crippen LogP contribution in [0.25, 0.3) is 0 Å². The zero-order valence-electron chi connectivity index (χ0n) is 14.1. The molecule has 4 heteroatoms. The van der Waals surface area contributed by atoms with Crippen molar-refractivity contribution in [2.24, 2.45) is 16.7 Å². The van der Waals surface area contributed by atoms with E-state index in [2.05, 4.69) is 18.2 Å². The minimum atomic E-state index is -1.17. The summed E-state index contributed by atoms with van der Waals surface area (Å²) in [5.74, 6) is -0.789. The Kier molecular flexibility index (Phi) is 4.35. The van der Waals surface area contributed by atoms with Crippen LogP contribution in [-0.4, -0.2) is 26.2 Å². The molecule has 4 nitrogen and oxygen atoms in total. The highest BCUT2D eigenvalue weighted by Gasteiger charge is 2.55. The average molecular weight is 318 g/mol. The maximum absolute atomic E-state index is 12.4. The molecule has 2 saturated carbocycles. The lowest BCUT2D eigenvalue weighted by Gasteiger charge is -2.34. The number of hydrogen-bond donors (Lipinski definition) is 0. The fourth-order valence-electron chi connectivity index (χ4n) is 4.72. The summed E-state index contributed by atoms with van der Waals surface area (Å²) in [6, 6.07) is 0. The molecule has 3 rings (SSSR count). The topological polar surface area (TPSA) is 52.6 Å². The molecule has 1 unspecified atom stereocenters. The van der Waals surface area contributed by atoms with Gasteiger partial charge in [-0.15, -0.1) is 0 Å². The van der Waals surface area contributed by atoms with Crippen molar-refractivity contribution in [1.29, 1.82) is 0 Å². The Morgan fingerprint density at radius 1 is 1.09 bits per heavy atom. The first kappa shape index (κ1) is 16.3. The predicted molar refractivity (Wildman–Crippen MR) is 86.5 cm³/mol. The molecule has 3 aliphatic rings. The van der Waals surface area contributed by atoms with Crippen LogP contribution in [0.1, 0.15) is 51.4 Å². The maximum Gasteiger partial charge on any atom is 0.323 e. The van der Waals surface area contributed by atoms with E-state index in [4.69, 9.17) is 9.47 Å². The van der Waals surface area contributed by atoms with Crippen molar-refractivity contribution >= 4 is 11.9 Å². The van der Waals surface area contributed by atoms with Crippen molar-refractivity contribution in [3.63, 3.8) is 0 Å². The van der Waals surface area contributed by atoms with Gasteiger partial charge in [0.2, 0.25) is 0 Å². The molecular weight excluding hydrogens is 292 g/mol. The standard InChI is InChI=1S/C19H26O4/c1-22-16(20)19(17(21)23-2)12-14-7-6-10-18(11-15(14)13-19)8-4-3-5-9-18/h6-7,11,14H,3-5,8-10,12-13H2,1-2H3. The zero-order valence-corrected chi connectivity index (χ0v) is 14.1. The molecule has 0 bridgehead atoms. The lowest BCUT2D eigenvalue weighted by atomic mass is 9.71. The highest BCUT2D eigenvalue weighted by atomic mass is 16.5. The third kappa shape index (κ3) is 2.73. The fraction of sp³-hybridized carbons (Fsp3) is 0.684. The van der Waals surface area contributed by atoms with Gasteiger partial charge in [0.25, 0.3) is 0 Å². The van der Waals surface area contributed by atoms with E-state index in [-0.39, 0.29) is 11.3 Å².